The van der Waals surface area contributed by atoms with Crippen LogP contribution in [0.2, 0.25) is 0 Å². The molecule has 1 N–H and O–H groups in total. The summed E-state index contributed by atoms with van der Waals surface area (Å²) in [5.41, 5.74) is 2.15. The monoisotopic (exact) mass is 372 g/mol. The zero-order valence-corrected chi connectivity index (χ0v) is 16.8. The normalized spacial score (nSPS) is 18.9. The maximum absolute atomic E-state index is 12.9. The molecule has 1 fully saturated rings. The summed E-state index contributed by atoms with van der Waals surface area (Å²) in [6.07, 6.45) is 2.08. The van der Waals surface area contributed by atoms with Crippen molar-refractivity contribution in [2.24, 2.45) is 0 Å². The Bertz CT molecular complexity index is 675. The van der Waals surface area contributed by atoms with Crippen molar-refractivity contribution < 1.29 is 9.59 Å². The first-order valence-corrected chi connectivity index (χ1v) is 9.96. The van der Waals surface area contributed by atoms with Crippen molar-refractivity contribution in [1.29, 1.82) is 0 Å². The van der Waals surface area contributed by atoms with Gasteiger partial charge in [-0.25, -0.2) is 0 Å². The van der Waals surface area contributed by atoms with Crippen LogP contribution in [0.4, 0.5) is 5.69 Å². The third-order valence-corrected chi connectivity index (χ3v) is 5.12. The molecule has 0 unspecified atom stereocenters. The molecular formula is C21H32N4O2. The fourth-order valence-electron chi connectivity index (χ4n) is 3.84. The smallest absolute Gasteiger partial charge is 0.241 e. The third kappa shape index (κ3) is 5.53. The van der Waals surface area contributed by atoms with E-state index in [0.717, 1.165) is 51.3 Å². The number of carbonyl (C=O) groups excluding carboxylic acids is 2. The lowest BCUT2D eigenvalue weighted by molar-refractivity contribution is -0.125. The summed E-state index contributed by atoms with van der Waals surface area (Å²) in [5.74, 6) is 0.248. The van der Waals surface area contributed by atoms with E-state index >= 15 is 0 Å². The second-order valence-corrected chi connectivity index (χ2v) is 8.63. The Labute approximate surface area is 162 Å². The molecule has 3 rings (SSSR count). The summed E-state index contributed by atoms with van der Waals surface area (Å²) in [5, 5.41) is 3.01. The van der Waals surface area contributed by atoms with Gasteiger partial charge in [-0.2, -0.15) is 0 Å². The van der Waals surface area contributed by atoms with Crippen molar-refractivity contribution in [2.75, 3.05) is 50.7 Å². The Balaban J connectivity index is 1.47. The summed E-state index contributed by atoms with van der Waals surface area (Å²) in [4.78, 5) is 31.3. The van der Waals surface area contributed by atoms with Crippen molar-refractivity contribution >= 4 is 17.5 Å². The second kappa shape index (κ2) is 8.40. The van der Waals surface area contributed by atoms with Crippen molar-refractivity contribution in [2.45, 2.75) is 39.2 Å². The van der Waals surface area contributed by atoms with E-state index in [0.29, 0.717) is 13.1 Å². The highest BCUT2D eigenvalue weighted by molar-refractivity contribution is 5.96. The van der Waals surface area contributed by atoms with Gasteiger partial charge in [-0.15, -0.1) is 0 Å². The number of rotatable bonds is 4. The van der Waals surface area contributed by atoms with Gasteiger partial charge in [-0.05, 0) is 45.2 Å². The Hall–Kier alpha value is -1.92. The number of para-hydroxylation sites is 1. The molecule has 1 aromatic carbocycles. The van der Waals surface area contributed by atoms with Gasteiger partial charge in [-0.1, -0.05) is 18.2 Å². The lowest BCUT2D eigenvalue weighted by Gasteiger charge is -2.36. The van der Waals surface area contributed by atoms with E-state index in [1.54, 1.807) is 0 Å². The highest BCUT2D eigenvalue weighted by Gasteiger charge is 2.26. The summed E-state index contributed by atoms with van der Waals surface area (Å²) < 4.78 is 0. The van der Waals surface area contributed by atoms with Gasteiger partial charge >= 0.3 is 0 Å². The SMILES string of the molecule is CC(C)(C)NC(=O)CN1CCN(CC(=O)N2CCCc3ccccc32)CC1. The van der Waals surface area contributed by atoms with E-state index in [1.165, 1.54) is 5.56 Å². The van der Waals surface area contributed by atoms with E-state index in [2.05, 4.69) is 27.2 Å². The zero-order chi connectivity index (χ0) is 19.4. The van der Waals surface area contributed by atoms with Gasteiger partial charge in [0, 0.05) is 44.0 Å². The van der Waals surface area contributed by atoms with Crippen LogP contribution in [0.3, 0.4) is 0 Å². The molecule has 0 aliphatic carbocycles. The minimum atomic E-state index is -0.198. The van der Waals surface area contributed by atoms with Gasteiger partial charge in [0.15, 0.2) is 0 Å². The number of aryl methyl sites for hydroxylation is 1. The topological polar surface area (TPSA) is 55.9 Å². The number of fused-ring (bicyclic) bond motifs is 1. The predicted molar refractivity (Wildman–Crippen MR) is 108 cm³/mol. The summed E-state index contributed by atoms with van der Waals surface area (Å²) >= 11 is 0. The molecule has 1 saturated heterocycles. The van der Waals surface area contributed by atoms with Crippen LogP contribution in [0.1, 0.15) is 32.8 Å². The number of piperazine rings is 1. The molecule has 27 heavy (non-hydrogen) atoms. The first kappa shape index (κ1) is 19.8. The Morgan fingerprint density at radius 1 is 0.963 bits per heavy atom. The summed E-state index contributed by atoms with van der Waals surface area (Å²) in [6, 6.07) is 8.22. The van der Waals surface area contributed by atoms with Crippen LogP contribution in [-0.2, 0) is 16.0 Å². The first-order chi connectivity index (χ1) is 12.8. The number of hydrogen-bond acceptors (Lipinski definition) is 4. The molecule has 0 spiro atoms. The summed E-state index contributed by atoms with van der Waals surface area (Å²) in [7, 11) is 0. The third-order valence-electron chi connectivity index (χ3n) is 5.12. The number of carbonyl (C=O) groups is 2. The fraction of sp³-hybridized carbons (Fsp3) is 0.619. The Morgan fingerprint density at radius 3 is 2.26 bits per heavy atom. The molecule has 0 radical (unpaired) electrons. The maximum atomic E-state index is 12.9. The minimum Gasteiger partial charge on any atom is -0.350 e. The molecular weight excluding hydrogens is 340 g/mol. The second-order valence-electron chi connectivity index (χ2n) is 8.63. The molecule has 1 aromatic rings. The van der Waals surface area contributed by atoms with E-state index < -0.39 is 0 Å². The molecule has 2 heterocycles. The molecule has 2 aliphatic heterocycles. The number of nitrogens with zero attached hydrogens (tertiary/aromatic N) is 3. The van der Waals surface area contributed by atoms with Gasteiger partial charge in [-0.3, -0.25) is 19.4 Å². The van der Waals surface area contributed by atoms with Crippen LogP contribution < -0.4 is 10.2 Å². The van der Waals surface area contributed by atoms with Crippen LogP contribution >= 0.6 is 0 Å². The van der Waals surface area contributed by atoms with Crippen molar-refractivity contribution in [3.63, 3.8) is 0 Å². The van der Waals surface area contributed by atoms with Crippen LogP contribution in [0.15, 0.2) is 24.3 Å². The van der Waals surface area contributed by atoms with Crippen LogP contribution in [0, 0.1) is 0 Å². The Morgan fingerprint density at radius 2 is 1.59 bits per heavy atom. The zero-order valence-electron chi connectivity index (χ0n) is 16.8. The van der Waals surface area contributed by atoms with Gasteiger partial charge in [0.05, 0.1) is 13.1 Å². The molecule has 0 aromatic heterocycles. The number of anilines is 1. The van der Waals surface area contributed by atoms with E-state index in [9.17, 15) is 9.59 Å². The molecule has 0 atom stereocenters. The standard InChI is InChI=1S/C21H32N4O2/c1-21(2,3)22-19(26)15-23-11-13-24(14-12-23)16-20(27)25-10-6-8-17-7-4-5-9-18(17)25/h4-5,7,9H,6,8,10-16H2,1-3H3,(H,22,26). The molecule has 148 valence electrons. The number of amides is 2. The first-order valence-electron chi connectivity index (χ1n) is 9.96. The van der Waals surface area contributed by atoms with Gasteiger partial charge in [0.2, 0.25) is 11.8 Å². The number of nitrogens with one attached hydrogen (secondary N) is 1. The highest BCUT2D eigenvalue weighted by atomic mass is 16.2. The lowest BCUT2D eigenvalue weighted by atomic mass is 10.0. The highest BCUT2D eigenvalue weighted by Crippen LogP contribution is 2.26. The molecule has 0 bridgehead atoms. The maximum Gasteiger partial charge on any atom is 0.241 e. The summed E-state index contributed by atoms with van der Waals surface area (Å²) in [6.45, 7) is 11.0. The fourth-order valence-corrected chi connectivity index (χ4v) is 3.84. The van der Waals surface area contributed by atoms with E-state index in [4.69, 9.17) is 0 Å². The quantitative estimate of drug-likeness (QED) is 0.870. The van der Waals surface area contributed by atoms with E-state index in [1.807, 2.05) is 37.8 Å². The van der Waals surface area contributed by atoms with Crippen LogP contribution in [0.5, 0.6) is 0 Å². The predicted octanol–water partition coefficient (Wildman–Crippen LogP) is 1.50. The average molecular weight is 373 g/mol. The van der Waals surface area contributed by atoms with E-state index in [-0.39, 0.29) is 17.4 Å². The average Bonchev–Trinajstić information content (AvgIpc) is 2.61. The molecule has 0 saturated carbocycles. The minimum absolute atomic E-state index is 0.0666. The molecule has 2 aliphatic rings. The van der Waals surface area contributed by atoms with Crippen LogP contribution in [0.25, 0.3) is 0 Å². The largest absolute Gasteiger partial charge is 0.350 e. The lowest BCUT2D eigenvalue weighted by Crippen LogP contribution is -2.53. The van der Waals surface area contributed by atoms with Gasteiger partial charge < -0.3 is 10.2 Å². The van der Waals surface area contributed by atoms with Crippen molar-refractivity contribution in [3.05, 3.63) is 29.8 Å². The number of benzene rings is 1. The number of hydrogen-bond donors (Lipinski definition) is 1. The van der Waals surface area contributed by atoms with Crippen molar-refractivity contribution in [1.82, 2.24) is 15.1 Å². The van der Waals surface area contributed by atoms with Gasteiger partial charge in [0.25, 0.3) is 0 Å². The Kier molecular flexibility index (Phi) is 6.17. The van der Waals surface area contributed by atoms with Crippen LogP contribution in [-0.4, -0.2) is 73.0 Å². The molecule has 6 nitrogen and oxygen atoms in total. The molecule has 6 heteroatoms. The van der Waals surface area contributed by atoms with Crippen molar-refractivity contribution in [3.8, 4) is 0 Å². The molecule has 2 amide bonds. The van der Waals surface area contributed by atoms with Gasteiger partial charge in [0.1, 0.15) is 0 Å².